The molecule has 1 aromatic heterocycles. The first kappa shape index (κ1) is 18.3. The monoisotopic (exact) mass is 449 g/mol. The molecule has 0 radical (unpaired) electrons. The van der Waals surface area contributed by atoms with Crippen molar-refractivity contribution in [1.29, 1.82) is 0 Å². The molecular weight excluding hydrogens is 430 g/mol. The highest BCUT2D eigenvalue weighted by molar-refractivity contribution is 9.10. The summed E-state index contributed by atoms with van der Waals surface area (Å²) in [6.45, 7) is 6.48. The van der Waals surface area contributed by atoms with E-state index in [1.807, 2.05) is 6.07 Å². The highest BCUT2D eigenvalue weighted by Crippen LogP contribution is 2.48. The lowest BCUT2D eigenvalue weighted by Gasteiger charge is -2.19. The molecule has 3 N–H and O–H groups in total. The van der Waals surface area contributed by atoms with Crippen LogP contribution in [0.4, 0.5) is 5.69 Å². The van der Waals surface area contributed by atoms with Gasteiger partial charge in [-0.05, 0) is 63.0 Å². The van der Waals surface area contributed by atoms with Gasteiger partial charge in [-0.25, -0.2) is 13.2 Å². The van der Waals surface area contributed by atoms with E-state index in [1.165, 1.54) is 11.6 Å². The van der Waals surface area contributed by atoms with Gasteiger partial charge < -0.3 is 9.97 Å². The Labute approximate surface area is 165 Å². The molecule has 0 bridgehead atoms. The molecule has 8 heteroatoms. The standard InChI is InChI=1S/C19H20BrN3O3S/c1-10-9-19(2,3)11-5-4-6-13(17(10)11)23-27(25,26)16-8-15-14(7-12(16)20)21-18(24)22-15/h4-8,10,23H,9H2,1-3H3,(H2,21,22,24). The van der Waals surface area contributed by atoms with E-state index in [9.17, 15) is 13.2 Å². The predicted octanol–water partition coefficient (Wildman–Crippen LogP) is 4.20. The fourth-order valence-corrected chi connectivity index (χ4v) is 6.34. The van der Waals surface area contributed by atoms with Crippen molar-refractivity contribution >= 4 is 42.7 Å². The van der Waals surface area contributed by atoms with Crippen LogP contribution in [0.2, 0.25) is 0 Å². The minimum atomic E-state index is -3.84. The van der Waals surface area contributed by atoms with E-state index in [0.717, 1.165) is 12.0 Å². The van der Waals surface area contributed by atoms with Gasteiger partial charge in [-0.1, -0.05) is 32.9 Å². The summed E-state index contributed by atoms with van der Waals surface area (Å²) < 4.78 is 29.3. The Bertz CT molecular complexity index is 1220. The number of nitrogens with one attached hydrogen (secondary N) is 3. The van der Waals surface area contributed by atoms with Crippen LogP contribution < -0.4 is 10.4 Å². The molecule has 1 aliphatic rings. The van der Waals surface area contributed by atoms with E-state index in [4.69, 9.17) is 0 Å². The van der Waals surface area contributed by atoms with Crippen LogP contribution in [0.25, 0.3) is 11.0 Å². The fourth-order valence-electron chi connectivity index (χ4n) is 4.19. The van der Waals surface area contributed by atoms with E-state index in [2.05, 4.69) is 57.5 Å². The number of halogens is 1. The van der Waals surface area contributed by atoms with Crippen molar-refractivity contribution in [3.8, 4) is 0 Å². The first-order valence-electron chi connectivity index (χ1n) is 8.66. The molecule has 0 saturated carbocycles. The van der Waals surface area contributed by atoms with Crippen molar-refractivity contribution in [3.63, 3.8) is 0 Å². The number of sulfonamides is 1. The van der Waals surface area contributed by atoms with Gasteiger partial charge in [-0.3, -0.25) is 4.72 Å². The molecule has 1 aliphatic carbocycles. The number of anilines is 1. The van der Waals surface area contributed by atoms with Gasteiger partial charge in [0, 0.05) is 4.47 Å². The summed E-state index contributed by atoms with van der Waals surface area (Å²) in [5, 5.41) is 0. The molecule has 1 atom stereocenters. The molecule has 3 aromatic rings. The number of hydrogen-bond acceptors (Lipinski definition) is 3. The zero-order chi connectivity index (χ0) is 19.6. The third-order valence-electron chi connectivity index (χ3n) is 5.25. The molecule has 0 spiro atoms. The maximum Gasteiger partial charge on any atom is 0.323 e. The van der Waals surface area contributed by atoms with Crippen LogP contribution in [0.5, 0.6) is 0 Å². The molecule has 1 unspecified atom stereocenters. The zero-order valence-corrected chi connectivity index (χ0v) is 17.6. The van der Waals surface area contributed by atoms with Crippen molar-refractivity contribution < 1.29 is 8.42 Å². The Kier molecular flexibility index (Phi) is 4.05. The maximum atomic E-state index is 13.1. The molecule has 142 valence electrons. The van der Waals surface area contributed by atoms with E-state index in [1.54, 1.807) is 12.1 Å². The van der Waals surface area contributed by atoms with Crippen LogP contribution in [0.15, 0.2) is 44.5 Å². The van der Waals surface area contributed by atoms with Crippen LogP contribution in [0.3, 0.4) is 0 Å². The fraction of sp³-hybridized carbons (Fsp3) is 0.316. The van der Waals surface area contributed by atoms with E-state index < -0.39 is 10.0 Å². The average molecular weight is 450 g/mol. The van der Waals surface area contributed by atoms with Gasteiger partial charge in [0.05, 0.1) is 16.7 Å². The number of fused-ring (bicyclic) bond motifs is 2. The summed E-state index contributed by atoms with van der Waals surface area (Å²) >= 11 is 3.31. The summed E-state index contributed by atoms with van der Waals surface area (Å²) in [6.07, 6.45) is 0.974. The van der Waals surface area contributed by atoms with Crippen molar-refractivity contribution in [2.24, 2.45) is 0 Å². The third-order valence-corrected chi connectivity index (χ3v) is 7.57. The van der Waals surface area contributed by atoms with Gasteiger partial charge in [0.2, 0.25) is 0 Å². The third kappa shape index (κ3) is 3.00. The lowest BCUT2D eigenvalue weighted by atomic mass is 9.86. The molecule has 27 heavy (non-hydrogen) atoms. The van der Waals surface area contributed by atoms with Crippen LogP contribution in [-0.2, 0) is 15.4 Å². The normalized spacial score (nSPS) is 18.6. The molecule has 6 nitrogen and oxygen atoms in total. The molecule has 2 aromatic carbocycles. The lowest BCUT2D eigenvalue weighted by molar-refractivity contribution is 0.489. The topological polar surface area (TPSA) is 94.8 Å². The molecule has 0 saturated heterocycles. The number of hydrogen-bond donors (Lipinski definition) is 3. The second kappa shape index (κ2) is 5.97. The lowest BCUT2D eigenvalue weighted by Crippen LogP contribution is -2.16. The van der Waals surface area contributed by atoms with Crippen molar-refractivity contribution in [2.45, 2.75) is 43.4 Å². The average Bonchev–Trinajstić information content (AvgIpc) is 3.02. The number of rotatable bonds is 3. The minimum absolute atomic E-state index is 0.0142. The number of H-pyrrole nitrogens is 2. The van der Waals surface area contributed by atoms with Gasteiger partial charge in [-0.2, -0.15) is 0 Å². The van der Waals surface area contributed by atoms with Gasteiger partial charge in [0.15, 0.2) is 0 Å². The Hall–Kier alpha value is -2.06. The smallest absolute Gasteiger partial charge is 0.306 e. The molecule has 1 heterocycles. The van der Waals surface area contributed by atoms with Gasteiger partial charge in [0.25, 0.3) is 10.0 Å². The second-order valence-electron chi connectivity index (χ2n) is 7.77. The van der Waals surface area contributed by atoms with E-state index in [0.29, 0.717) is 21.2 Å². The summed E-state index contributed by atoms with van der Waals surface area (Å²) in [5.41, 5.74) is 3.47. The summed E-state index contributed by atoms with van der Waals surface area (Å²) in [5.74, 6) is 0.265. The second-order valence-corrected chi connectivity index (χ2v) is 10.3. The van der Waals surface area contributed by atoms with Crippen LogP contribution in [0.1, 0.15) is 44.2 Å². The summed E-state index contributed by atoms with van der Waals surface area (Å²) in [4.78, 5) is 16.8. The number of imidazole rings is 1. The maximum absolute atomic E-state index is 13.1. The van der Waals surface area contributed by atoms with Crippen LogP contribution in [0, 0.1) is 0 Å². The van der Waals surface area contributed by atoms with E-state index in [-0.39, 0.29) is 21.9 Å². The Morgan fingerprint density at radius 1 is 1.19 bits per heavy atom. The SMILES string of the molecule is CC1CC(C)(C)c2cccc(NS(=O)(=O)c3cc4[nH]c(=O)[nH]c4cc3Br)c21. The number of aromatic amines is 2. The quantitative estimate of drug-likeness (QED) is 0.558. The highest BCUT2D eigenvalue weighted by Gasteiger charge is 2.36. The van der Waals surface area contributed by atoms with Crippen LogP contribution in [-0.4, -0.2) is 18.4 Å². The number of benzene rings is 2. The first-order valence-corrected chi connectivity index (χ1v) is 10.9. The number of aromatic nitrogens is 2. The minimum Gasteiger partial charge on any atom is -0.306 e. The van der Waals surface area contributed by atoms with Crippen LogP contribution >= 0.6 is 15.9 Å². The summed E-state index contributed by atoms with van der Waals surface area (Å²) in [7, 11) is -3.84. The molecule has 4 rings (SSSR count). The van der Waals surface area contributed by atoms with Crippen molar-refractivity contribution in [1.82, 2.24) is 9.97 Å². The Morgan fingerprint density at radius 3 is 2.56 bits per heavy atom. The summed E-state index contributed by atoms with van der Waals surface area (Å²) in [6, 6.07) is 8.81. The van der Waals surface area contributed by atoms with Gasteiger partial charge in [-0.15, -0.1) is 0 Å². The van der Waals surface area contributed by atoms with Gasteiger partial charge >= 0.3 is 5.69 Å². The predicted molar refractivity (Wildman–Crippen MR) is 110 cm³/mol. The zero-order valence-electron chi connectivity index (χ0n) is 15.2. The molecular formula is C19H20BrN3O3S. The van der Waals surface area contributed by atoms with E-state index >= 15 is 0 Å². The van der Waals surface area contributed by atoms with Crippen molar-refractivity contribution in [2.75, 3.05) is 4.72 Å². The Balaban J connectivity index is 1.81. The molecule has 0 aliphatic heterocycles. The molecule has 0 amide bonds. The molecule has 0 fully saturated rings. The highest BCUT2D eigenvalue weighted by atomic mass is 79.9. The largest absolute Gasteiger partial charge is 0.323 e. The van der Waals surface area contributed by atoms with Gasteiger partial charge in [0.1, 0.15) is 4.90 Å². The van der Waals surface area contributed by atoms with Crippen molar-refractivity contribution in [3.05, 3.63) is 56.4 Å². The Morgan fingerprint density at radius 2 is 1.85 bits per heavy atom. The first-order chi connectivity index (χ1) is 12.6.